The lowest BCUT2D eigenvalue weighted by Gasteiger charge is -2.06. The predicted octanol–water partition coefficient (Wildman–Crippen LogP) is 2.30. The molecule has 2 aromatic heterocycles. The van der Waals surface area contributed by atoms with E-state index in [0.29, 0.717) is 16.6 Å². The van der Waals surface area contributed by atoms with E-state index in [4.69, 9.17) is 10.00 Å². The highest BCUT2D eigenvalue weighted by Crippen LogP contribution is 2.26. The number of nitrogens with one attached hydrogen (secondary N) is 1. The number of hydrogen-bond acceptors (Lipinski definition) is 7. The van der Waals surface area contributed by atoms with E-state index in [9.17, 15) is 0 Å². The van der Waals surface area contributed by atoms with Gasteiger partial charge in [0.15, 0.2) is 5.82 Å². The Labute approximate surface area is 115 Å². The van der Waals surface area contributed by atoms with Crippen molar-refractivity contribution in [1.29, 1.82) is 5.26 Å². The molecule has 0 amide bonds. The summed E-state index contributed by atoms with van der Waals surface area (Å²) < 4.78 is 5.07. The molecule has 98 valence electrons. The summed E-state index contributed by atoms with van der Waals surface area (Å²) in [6.07, 6.45) is 0.973. The summed E-state index contributed by atoms with van der Waals surface area (Å²) in [7, 11) is 1.51. The smallest absolute Gasteiger partial charge is 0.321 e. The van der Waals surface area contributed by atoms with Crippen molar-refractivity contribution in [1.82, 2.24) is 15.0 Å². The molecular formula is C12H13N5OS. The van der Waals surface area contributed by atoms with Crippen LogP contribution >= 0.6 is 11.3 Å². The summed E-state index contributed by atoms with van der Waals surface area (Å²) in [5, 5.41) is 11.9. The summed E-state index contributed by atoms with van der Waals surface area (Å²) in [5.74, 6) is 0.993. The molecule has 0 fully saturated rings. The summed E-state index contributed by atoms with van der Waals surface area (Å²) in [4.78, 5) is 14.1. The standard InChI is InChI=1S/C12H13N5OS/c1-3-6-14-11-15-10(16-12(17-11)18-2)9-5-4-8(7-13)19-9/h4-5H,3,6H2,1-2H3,(H,14,15,16,17). The van der Waals surface area contributed by atoms with Crippen molar-refractivity contribution in [2.24, 2.45) is 0 Å². The molecule has 1 N–H and O–H groups in total. The molecule has 0 unspecified atom stereocenters. The van der Waals surface area contributed by atoms with Crippen molar-refractivity contribution >= 4 is 17.3 Å². The van der Waals surface area contributed by atoms with Gasteiger partial charge in [0.2, 0.25) is 5.95 Å². The van der Waals surface area contributed by atoms with Gasteiger partial charge in [-0.25, -0.2) is 0 Å². The second-order valence-corrected chi connectivity index (χ2v) is 4.76. The number of nitriles is 1. The Kier molecular flexibility index (Phi) is 4.26. The minimum Gasteiger partial charge on any atom is -0.467 e. The molecule has 6 nitrogen and oxygen atoms in total. The molecule has 2 aromatic rings. The fourth-order valence-corrected chi connectivity index (χ4v) is 2.13. The molecule has 0 saturated carbocycles. The van der Waals surface area contributed by atoms with Gasteiger partial charge in [-0.2, -0.15) is 20.2 Å². The Hall–Kier alpha value is -2.20. The van der Waals surface area contributed by atoms with Crippen molar-refractivity contribution in [2.75, 3.05) is 19.0 Å². The zero-order chi connectivity index (χ0) is 13.7. The Morgan fingerprint density at radius 3 is 2.84 bits per heavy atom. The molecule has 0 aromatic carbocycles. The minimum atomic E-state index is 0.260. The first-order valence-electron chi connectivity index (χ1n) is 5.81. The second-order valence-electron chi connectivity index (χ2n) is 3.67. The third-order valence-corrected chi connectivity index (χ3v) is 3.25. The lowest BCUT2D eigenvalue weighted by molar-refractivity contribution is 0.379. The minimum absolute atomic E-state index is 0.260. The number of aromatic nitrogens is 3. The maximum Gasteiger partial charge on any atom is 0.321 e. The lowest BCUT2D eigenvalue weighted by Crippen LogP contribution is -2.07. The van der Waals surface area contributed by atoms with Crippen molar-refractivity contribution in [3.05, 3.63) is 17.0 Å². The quantitative estimate of drug-likeness (QED) is 0.901. The highest BCUT2D eigenvalue weighted by molar-refractivity contribution is 7.15. The average molecular weight is 275 g/mol. The molecular weight excluding hydrogens is 262 g/mol. The molecule has 2 heterocycles. The lowest BCUT2D eigenvalue weighted by atomic mass is 10.4. The molecule has 0 aliphatic rings. The molecule has 0 spiro atoms. The molecule has 0 saturated heterocycles. The van der Waals surface area contributed by atoms with Crippen LogP contribution in [0.15, 0.2) is 12.1 Å². The Morgan fingerprint density at radius 1 is 1.37 bits per heavy atom. The number of thiophene rings is 1. The van der Waals surface area contributed by atoms with Crippen LogP contribution in [-0.4, -0.2) is 28.6 Å². The highest BCUT2D eigenvalue weighted by atomic mass is 32.1. The topological polar surface area (TPSA) is 83.7 Å². The maximum atomic E-state index is 8.84. The predicted molar refractivity (Wildman–Crippen MR) is 73.2 cm³/mol. The van der Waals surface area contributed by atoms with Crippen LogP contribution in [0.1, 0.15) is 18.2 Å². The van der Waals surface area contributed by atoms with Crippen LogP contribution in [-0.2, 0) is 0 Å². The van der Waals surface area contributed by atoms with Gasteiger partial charge in [-0.15, -0.1) is 11.3 Å². The molecule has 7 heteroatoms. The Balaban J connectivity index is 2.36. The van der Waals surface area contributed by atoms with Gasteiger partial charge in [-0.1, -0.05) is 6.92 Å². The number of rotatable bonds is 5. The van der Waals surface area contributed by atoms with Crippen LogP contribution in [0.5, 0.6) is 6.01 Å². The fourth-order valence-electron chi connectivity index (χ4n) is 1.39. The van der Waals surface area contributed by atoms with Gasteiger partial charge in [0.05, 0.1) is 12.0 Å². The van der Waals surface area contributed by atoms with Crippen LogP contribution in [0.3, 0.4) is 0 Å². The zero-order valence-electron chi connectivity index (χ0n) is 10.7. The Bertz CT molecular complexity index is 604. The first kappa shape index (κ1) is 13.2. The number of hydrogen-bond donors (Lipinski definition) is 1. The second kappa shape index (κ2) is 6.11. The van der Waals surface area contributed by atoms with E-state index in [2.05, 4.69) is 33.3 Å². The molecule has 0 aliphatic heterocycles. The van der Waals surface area contributed by atoms with E-state index in [1.165, 1.54) is 18.4 Å². The normalized spacial score (nSPS) is 9.95. The highest BCUT2D eigenvalue weighted by Gasteiger charge is 2.10. The molecule has 0 radical (unpaired) electrons. The first-order valence-corrected chi connectivity index (χ1v) is 6.62. The molecule has 0 aliphatic carbocycles. The van der Waals surface area contributed by atoms with Gasteiger partial charge >= 0.3 is 6.01 Å². The molecule has 0 bridgehead atoms. The fraction of sp³-hybridized carbons (Fsp3) is 0.333. The molecule has 2 rings (SSSR count). The van der Waals surface area contributed by atoms with Crippen molar-refractivity contribution in [2.45, 2.75) is 13.3 Å². The van der Waals surface area contributed by atoms with Crippen LogP contribution in [0, 0.1) is 11.3 Å². The molecule has 19 heavy (non-hydrogen) atoms. The van der Waals surface area contributed by atoms with Crippen molar-refractivity contribution in [3.8, 4) is 22.8 Å². The average Bonchev–Trinajstić information content (AvgIpc) is 2.93. The van der Waals surface area contributed by atoms with Crippen molar-refractivity contribution in [3.63, 3.8) is 0 Å². The van der Waals surface area contributed by atoms with Crippen LogP contribution < -0.4 is 10.1 Å². The van der Waals surface area contributed by atoms with E-state index in [-0.39, 0.29) is 6.01 Å². The van der Waals surface area contributed by atoms with Gasteiger partial charge < -0.3 is 10.1 Å². The van der Waals surface area contributed by atoms with Crippen molar-refractivity contribution < 1.29 is 4.74 Å². The van der Waals surface area contributed by atoms with Gasteiger partial charge in [0, 0.05) is 6.54 Å². The van der Waals surface area contributed by atoms with E-state index >= 15 is 0 Å². The van der Waals surface area contributed by atoms with E-state index in [1.807, 2.05) is 6.07 Å². The number of methoxy groups -OCH3 is 1. The van der Waals surface area contributed by atoms with Gasteiger partial charge in [0.25, 0.3) is 0 Å². The SMILES string of the molecule is CCCNc1nc(OC)nc(-c2ccc(C#N)s2)n1. The van der Waals surface area contributed by atoms with Gasteiger partial charge in [-0.05, 0) is 18.6 Å². The number of anilines is 1. The van der Waals surface area contributed by atoms with Crippen LogP contribution in [0.25, 0.3) is 10.7 Å². The van der Waals surface area contributed by atoms with E-state index < -0.39 is 0 Å². The largest absolute Gasteiger partial charge is 0.467 e. The zero-order valence-corrected chi connectivity index (χ0v) is 11.5. The summed E-state index contributed by atoms with van der Waals surface area (Å²) in [5.41, 5.74) is 0. The van der Waals surface area contributed by atoms with Crippen LogP contribution in [0.2, 0.25) is 0 Å². The van der Waals surface area contributed by atoms with Crippen LogP contribution in [0.4, 0.5) is 5.95 Å². The first-order chi connectivity index (χ1) is 9.26. The van der Waals surface area contributed by atoms with E-state index in [0.717, 1.165) is 17.8 Å². The van der Waals surface area contributed by atoms with E-state index in [1.54, 1.807) is 6.07 Å². The summed E-state index contributed by atoms with van der Waals surface area (Å²) in [6, 6.07) is 5.92. The Morgan fingerprint density at radius 2 is 2.21 bits per heavy atom. The third-order valence-electron chi connectivity index (χ3n) is 2.27. The number of nitrogens with zero attached hydrogens (tertiary/aromatic N) is 4. The maximum absolute atomic E-state index is 8.84. The monoisotopic (exact) mass is 275 g/mol. The third kappa shape index (κ3) is 3.17. The van der Waals surface area contributed by atoms with Gasteiger partial charge in [0.1, 0.15) is 10.9 Å². The van der Waals surface area contributed by atoms with Gasteiger partial charge in [-0.3, -0.25) is 0 Å². The molecule has 0 atom stereocenters. The number of ether oxygens (including phenoxy) is 1. The summed E-state index contributed by atoms with van der Waals surface area (Å²) >= 11 is 1.34. The summed E-state index contributed by atoms with van der Waals surface area (Å²) in [6.45, 7) is 2.84.